The summed E-state index contributed by atoms with van der Waals surface area (Å²) in [7, 11) is 1.42. The number of aromatic hydroxyl groups is 1. The van der Waals surface area contributed by atoms with Gasteiger partial charge in [-0.05, 0) is 31.5 Å². The molecule has 0 unspecified atom stereocenters. The Bertz CT molecular complexity index is 741. The number of nitrogens with zero attached hydrogens (tertiary/aromatic N) is 1. The van der Waals surface area contributed by atoms with Crippen LogP contribution in [0, 0.1) is 11.3 Å². The van der Waals surface area contributed by atoms with Crippen LogP contribution < -0.4 is 10.5 Å². The van der Waals surface area contributed by atoms with E-state index in [2.05, 4.69) is 0 Å². The molecule has 1 aliphatic heterocycles. The Kier molecular flexibility index (Phi) is 4.08. The molecule has 0 radical (unpaired) electrons. The predicted octanol–water partition coefficient (Wildman–Crippen LogP) is 2.07. The molecular weight excluding hydrogens is 284 g/mol. The number of carbonyl (C=O) groups excluding carboxylic acids is 1. The maximum atomic E-state index is 12.0. The molecule has 0 saturated carbocycles. The normalized spacial score (nSPS) is 17.8. The van der Waals surface area contributed by atoms with Crippen molar-refractivity contribution in [1.29, 1.82) is 5.26 Å². The maximum absolute atomic E-state index is 12.0. The van der Waals surface area contributed by atoms with Crippen LogP contribution in [0.3, 0.4) is 0 Å². The van der Waals surface area contributed by atoms with E-state index < -0.39 is 5.92 Å². The van der Waals surface area contributed by atoms with E-state index in [-0.39, 0.29) is 28.7 Å². The van der Waals surface area contributed by atoms with Gasteiger partial charge in [0.2, 0.25) is 5.88 Å². The summed E-state index contributed by atoms with van der Waals surface area (Å²) in [4.78, 5) is 12.0. The third kappa shape index (κ3) is 2.49. The Morgan fingerprint density at radius 3 is 2.73 bits per heavy atom. The molecule has 0 aliphatic carbocycles. The molecular formula is C16H16N2O4. The molecule has 22 heavy (non-hydrogen) atoms. The lowest BCUT2D eigenvalue weighted by atomic mass is 9.81. The maximum Gasteiger partial charge on any atom is 0.205 e. The van der Waals surface area contributed by atoms with Gasteiger partial charge in [-0.15, -0.1) is 0 Å². The van der Waals surface area contributed by atoms with Crippen LogP contribution >= 0.6 is 0 Å². The number of Topliss-reactive ketones (excluding diaryl/α,β-unsaturated/α-hetero) is 1. The van der Waals surface area contributed by atoms with Gasteiger partial charge in [0.15, 0.2) is 17.3 Å². The zero-order valence-electron chi connectivity index (χ0n) is 12.5. The Morgan fingerprint density at radius 2 is 2.18 bits per heavy atom. The summed E-state index contributed by atoms with van der Waals surface area (Å²) in [5.41, 5.74) is 6.91. The van der Waals surface area contributed by atoms with Gasteiger partial charge in [-0.3, -0.25) is 4.79 Å². The first-order chi connectivity index (χ1) is 10.4. The number of ketones is 1. The molecule has 0 aromatic heterocycles. The molecule has 0 bridgehead atoms. The number of benzene rings is 1. The van der Waals surface area contributed by atoms with Gasteiger partial charge in [0.1, 0.15) is 17.4 Å². The van der Waals surface area contributed by atoms with Gasteiger partial charge < -0.3 is 20.3 Å². The van der Waals surface area contributed by atoms with Crippen molar-refractivity contribution >= 4 is 5.78 Å². The molecule has 1 aliphatic rings. The summed E-state index contributed by atoms with van der Waals surface area (Å²) in [5, 5.41) is 19.1. The van der Waals surface area contributed by atoms with Gasteiger partial charge in [-0.2, -0.15) is 5.26 Å². The first-order valence-corrected chi connectivity index (χ1v) is 6.56. The summed E-state index contributed by atoms with van der Waals surface area (Å²) >= 11 is 0. The smallest absolute Gasteiger partial charge is 0.205 e. The molecule has 1 aromatic carbocycles. The second kappa shape index (κ2) is 5.82. The third-order valence-electron chi connectivity index (χ3n) is 3.52. The van der Waals surface area contributed by atoms with E-state index >= 15 is 0 Å². The number of phenolic OH excluding ortho intramolecular Hbond substituents is 1. The number of hydrogen-bond donors (Lipinski definition) is 2. The predicted molar refractivity (Wildman–Crippen MR) is 78.7 cm³/mol. The number of phenols is 1. The van der Waals surface area contributed by atoms with Gasteiger partial charge in [-0.25, -0.2) is 0 Å². The lowest BCUT2D eigenvalue weighted by Gasteiger charge is -2.27. The van der Waals surface area contributed by atoms with Crippen LogP contribution in [0.25, 0.3) is 0 Å². The molecule has 1 heterocycles. The molecule has 6 heteroatoms. The first-order valence-electron chi connectivity index (χ1n) is 6.56. The number of rotatable bonds is 3. The molecule has 114 valence electrons. The number of nitrogens with two attached hydrogens (primary N) is 1. The van der Waals surface area contributed by atoms with Crippen LogP contribution in [0.2, 0.25) is 0 Å². The summed E-state index contributed by atoms with van der Waals surface area (Å²) in [6.07, 6.45) is 0. The lowest BCUT2D eigenvalue weighted by Crippen LogP contribution is -2.23. The van der Waals surface area contributed by atoms with Gasteiger partial charge in [0.25, 0.3) is 0 Å². The fourth-order valence-corrected chi connectivity index (χ4v) is 2.54. The van der Waals surface area contributed by atoms with E-state index in [4.69, 9.17) is 15.2 Å². The molecule has 0 fully saturated rings. The molecule has 0 saturated heterocycles. The van der Waals surface area contributed by atoms with Crippen LogP contribution in [0.15, 0.2) is 41.0 Å². The Labute approximate surface area is 128 Å². The quantitative estimate of drug-likeness (QED) is 0.885. The van der Waals surface area contributed by atoms with Gasteiger partial charge >= 0.3 is 0 Å². The van der Waals surface area contributed by atoms with Gasteiger partial charge in [0.05, 0.1) is 13.0 Å². The van der Waals surface area contributed by atoms with E-state index in [1.807, 2.05) is 6.07 Å². The summed E-state index contributed by atoms with van der Waals surface area (Å²) in [6.45, 7) is 3.03. The van der Waals surface area contributed by atoms with Crippen molar-refractivity contribution in [2.75, 3.05) is 7.11 Å². The highest BCUT2D eigenvalue weighted by molar-refractivity contribution is 5.96. The van der Waals surface area contributed by atoms with Crippen molar-refractivity contribution in [3.05, 3.63) is 46.6 Å². The summed E-state index contributed by atoms with van der Waals surface area (Å²) in [5.74, 6) is -0.303. The molecule has 1 aromatic rings. The van der Waals surface area contributed by atoms with E-state index in [0.717, 1.165) is 0 Å². The minimum Gasteiger partial charge on any atom is -0.504 e. The summed E-state index contributed by atoms with van der Waals surface area (Å²) < 4.78 is 10.4. The van der Waals surface area contributed by atoms with E-state index in [1.54, 1.807) is 19.1 Å². The highest BCUT2D eigenvalue weighted by Crippen LogP contribution is 2.41. The number of carbonyl (C=O) groups is 1. The highest BCUT2D eigenvalue weighted by Gasteiger charge is 2.34. The average Bonchev–Trinajstić information content (AvgIpc) is 2.46. The third-order valence-corrected chi connectivity index (χ3v) is 3.52. The Morgan fingerprint density at radius 1 is 1.50 bits per heavy atom. The van der Waals surface area contributed by atoms with Crippen LogP contribution in [0.1, 0.15) is 25.3 Å². The molecule has 1 atom stereocenters. The topological polar surface area (TPSA) is 106 Å². The molecule has 2 rings (SSSR count). The first kappa shape index (κ1) is 15.4. The highest BCUT2D eigenvalue weighted by atomic mass is 16.5. The Hall–Kier alpha value is -2.94. The van der Waals surface area contributed by atoms with Crippen molar-refractivity contribution < 1.29 is 19.4 Å². The van der Waals surface area contributed by atoms with E-state index in [9.17, 15) is 15.2 Å². The number of ether oxygens (including phenoxy) is 2. The minimum atomic E-state index is -0.647. The molecule has 6 nitrogen and oxygen atoms in total. The molecule has 3 N–H and O–H groups in total. The van der Waals surface area contributed by atoms with Gasteiger partial charge in [-0.1, -0.05) is 6.07 Å². The number of allylic oxidation sites excluding steroid dienone is 3. The number of hydrogen-bond acceptors (Lipinski definition) is 6. The van der Waals surface area contributed by atoms with Crippen molar-refractivity contribution in [1.82, 2.24) is 0 Å². The lowest BCUT2D eigenvalue weighted by molar-refractivity contribution is -0.114. The average molecular weight is 300 g/mol. The van der Waals surface area contributed by atoms with Crippen molar-refractivity contribution in [2.45, 2.75) is 19.8 Å². The van der Waals surface area contributed by atoms with Crippen molar-refractivity contribution in [3.8, 4) is 17.6 Å². The monoisotopic (exact) mass is 300 g/mol. The van der Waals surface area contributed by atoms with Crippen molar-refractivity contribution in [3.63, 3.8) is 0 Å². The van der Waals surface area contributed by atoms with E-state index in [0.29, 0.717) is 16.9 Å². The standard InChI is InChI=1S/C16H16N2O4/c1-8(19)14-9(2)22-16(18)11(7-17)15(14)10-4-5-12(20)13(6-10)21-3/h4-6,15,20H,18H2,1-3H3/t15-/m1/s1. The second-order valence-electron chi connectivity index (χ2n) is 4.88. The number of methoxy groups -OCH3 is 1. The zero-order valence-corrected chi connectivity index (χ0v) is 12.5. The number of nitriles is 1. The molecule has 0 amide bonds. The second-order valence-corrected chi connectivity index (χ2v) is 4.88. The SMILES string of the molecule is COc1cc([C@@H]2C(C#N)=C(N)OC(C)=C2C(C)=O)ccc1O. The fraction of sp³-hybridized carbons (Fsp3) is 0.250. The Balaban J connectivity index is 2.68. The van der Waals surface area contributed by atoms with E-state index in [1.165, 1.54) is 20.1 Å². The van der Waals surface area contributed by atoms with Crippen LogP contribution in [-0.4, -0.2) is 18.0 Å². The largest absolute Gasteiger partial charge is 0.504 e. The van der Waals surface area contributed by atoms with Crippen LogP contribution in [0.5, 0.6) is 11.5 Å². The minimum absolute atomic E-state index is 0.0259. The summed E-state index contributed by atoms with van der Waals surface area (Å²) in [6, 6.07) is 6.64. The molecule has 0 spiro atoms. The zero-order chi connectivity index (χ0) is 16.4. The van der Waals surface area contributed by atoms with Gasteiger partial charge in [0, 0.05) is 5.57 Å². The fourth-order valence-electron chi connectivity index (χ4n) is 2.54. The van der Waals surface area contributed by atoms with Crippen LogP contribution in [-0.2, 0) is 9.53 Å². The van der Waals surface area contributed by atoms with Crippen molar-refractivity contribution in [2.24, 2.45) is 5.73 Å². The van der Waals surface area contributed by atoms with Crippen LogP contribution in [0.4, 0.5) is 0 Å².